The van der Waals surface area contributed by atoms with Crippen molar-refractivity contribution < 1.29 is 0 Å². The zero-order valence-corrected chi connectivity index (χ0v) is 19.0. The number of hydrogen-bond donors (Lipinski definition) is 2. The highest BCUT2D eigenvalue weighted by Gasteiger charge is 1.80. The molecule has 10 heteroatoms. The molecular weight excluding hydrogens is 410 g/mol. The van der Waals surface area contributed by atoms with Crippen LogP contribution in [0.25, 0.3) is 0 Å². The first kappa shape index (κ1) is 49.5. The maximum atomic E-state index is 5.01. The highest BCUT2D eigenvalue weighted by Crippen LogP contribution is 1.69. The van der Waals surface area contributed by atoms with E-state index in [-0.39, 0.29) is 0 Å². The summed E-state index contributed by atoms with van der Waals surface area (Å²) in [6.45, 7) is 2.78. The van der Waals surface area contributed by atoms with Crippen LogP contribution in [-0.4, -0.2) is 56.3 Å². The van der Waals surface area contributed by atoms with Crippen LogP contribution < -0.4 is 11.7 Å². The van der Waals surface area contributed by atoms with Gasteiger partial charge in [0.25, 0.3) is 0 Å². The minimum absolute atomic E-state index is 0.764. The molecule has 0 spiro atoms. The van der Waals surface area contributed by atoms with E-state index in [1.54, 1.807) is 0 Å². The van der Waals surface area contributed by atoms with Crippen molar-refractivity contribution in [1.29, 1.82) is 0 Å². The molecule has 3 nitrogen and oxygen atoms in total. The molecule has 0 rings (SSSR count). The predicted molar refractivity (Wildman–Crippen MR) is 108 cm³/mol. The molecule has 4 N–H and O–H groups in total. The monoisotopic (exact) mass is 439 g/mol. The average molecular weight is 443 g/mol. The lowest BCUT2D eigenvalue weighted by Gasteiger charge is -2.03. The van der Waals surface area contributed by atoms with E-state index in [2.05, 4.69) is 81.2 Å². The minimum Gasteiger partial charge on any atom is -0.255 e. The number of halogens is 7. The molecule has 0 atom stereocenters. The van der Waals surface area contributed by atoms with E-state index in [4.69, 9.17) is 11.7 Å². The number of nitrogens with zero attached hydrogens (tertiary/aromatic N) is 1. The molecule has 0 aromatic heterocycles. The van der Waals surface area contributed by atoms with Crippen molar-refractivity contribution in [2.75, 3.05) is 51.2 Å². The Balaban J connectivity index is -0.0000000149. The van der Waals surface area contributed by atoms with Crippen LogP contribution in [0.2, 0.25) is 0 Å². The van der Waals surface area contributed by atoms with Gasteiger partial charge in [-0.3, -0.25) is 11.7 Å². The van der Waals surface area contributed by atoms with Gasteiger partial charge < -0.3 is 0 Å². The van der Waals surface area contributed by atoms with E-state index in [9.17, 15) is 0 Å². The molecular formula is C10H32Cl7N3. The molecule has 0 heterocycles. The van der Waals surface area contributed by atoms with E-state index < -0.39 is 0 Å². The standard InChI is InChI=1S/C3H11N3.7CH3Cl/c1-2-3-6(4)5;7*1-2/h2-5H2,1H3;7*1H3. The maximum absolute atomic E-state index is 5.01. The van der Waals surface area contributed by atoms with Crippen LogP contribution in [0.3, 0.4) is 0 Å². The number of rotatable bonds is 2. The molecule has 0 aliphatic rings. The summed E-state index contributed by atoms with van der Waals surface area (Å²) in [6, 6.07) is 0. The molecule has 0 fully saturated rings. The number of hydrazine groups is 2. The highest BCUT2D eigenvalue weighted by molar-refractivity contribution is 6.16. The quantitative estimate of drug-likeness (QED) is 0.341. The van der Waals surface area contributed by atoms with Gasteiger partial charge >= 0.3 is 0 Å². The molecule has 0 unspecified atom stereocenters. The summed E-state index contributed by atoms with van der Waals surface area (Å²) < 4.78 is 0. The topological polar surface area (TPSA) is 55.3 Å². The van der Waals surface area contributed by atoms with Crippen LogP contribution in [-0.2, 0) is 0 Å². The lowest BCUT2D eigenvalue weighted by Crippen LogP contribution is -2.38. The van der Waals surface area contributed by atoms with Crippen LogP contribution in [0.15, 0.2) is 0 Å². The number of alkyl halides is 7. The van der Waals surface area contributed by atoms with Gasteiger partial charge in [0, 0.05) is 51.2 Å². The van der Waals surface area contributed by atoms with E-state index in [0.717, 1.165) is 13.0 Å². The fraction of sp³-hybridized carbons (Fsp3) is 1.00. The van der Waals surface area contributed by atoms with Crippen LogP contribution in [0.1, 0.15) is 13.3 Å². The lowest BCUT2D eigenvalue weighted by molar-refractivity contribution is 0.295. The van der Waals surface area contributed by atoms with Crippen LogP contribution >= 0.6 is 81.2 Å². The third-order valence-electron chi connectivity index (χ3n) is 0.482. The first-order chi connectivity index (χ1) is 9.77. The SMILES string of the molecule is CCCN(N)N.CCl.CCl.CCl.CCl.CCl.CCl.CCl. The number of nitrogens with two attached hydrogens (primary N) is 2. The highest BCUT2D eigenvalue weighted by atomic mass is 35.5. The van der Waals surface area contributed by atoms with Gasteiger partial charge in [-0.25, -0.2) is 0 Å². The van der Waals surface area contributed by atoms with Crippen molar-refractivity contribution in [1.82, 2.24) is 5.12 Å². The van der Waals surface area contributed by atoms with Gasteiger partial charge in [-0.15, -0.1) is 81.2 Å². The minimum atomic E-state index is 0.764. The van der Waals surface area contributed by atoms with Gasteiger partial charge in [0.1, 0.15) is 0 Å². The van der Waals surface area contributed by atoms with Crippen molar-refractivity contribution in [2.24, 2.45) is 11.7 Å². The van der Waals surface area contributed by atoms with Crippen molar-refractivity contribution in [3.05, 3.63) is 0 Å². The second-order valence-electron chi connectivity index (χ2n) is 1.24. The second-order valence-corrected chi connectivity index (χ2v) is 1.24. The third kappa shape index (κ3) is 295. The van der Waals surface area contributed by atoms with Crippen molar-refractivity contribution in [2.45, 2.75) is 13.3 Å². The fourth-order valence-electron chi connectivity index (χ4n) is 0.258. The van der Waals surface area contributed by atoms with Crippen molar-refractivity contribution >= 4 is 81.2 Å². The summed E-state index contributed by atoms with van der Waals surface area (Å²) in [7, 11) is 0. The summed E-state index contributed by atoms with van der Waals surface area (Å²) in [5.74, 6) is 10.0. The Morgan fingerprint density at radius 1 is 0.550 bits per heavy atom. The summed E-state index contributed by atoms with van der Waals surface area (Å²) >= 11 is 32.5. The fourth-order valence-corrected chi connectivity index (χ4v) is 0.258. The Morgan fingerprint density at radius 3 is 0.700 bits per heavy atom. The first-order valence-electron chi connectivity index (χ1n) is 4.69. The van der Waals surface area contributed by atoms with Crippen LogP contribution in [0.4, 0.5) is 0 Å². The van der Waals surface area contributed by atoms with Gasteiger partial charge in [0.15, 0.2) is 0 Å². The van der Waals surface area contributed by atoms with Crippen molar-refractivity contribution in [3.63, 3.8) is 0 Å². The van der Waals surface area contributed by atoms with Crippen LogP contribution in [0.5, 0.6) is 0 Å². The Kier molecular flexibility index (Phi) is 430. The molecule has 0 saturated heterocycles. The normalized spacial score (nSPS) is 5.10. The van der Waals surface area contributed by atoms with E-state index in [0.29, 0.717) is 0 Å². The molecule has 0 aromatic rings. The molecule has 0 aromatic carbocycles. The molecule has 0 saturated carbocycles. The Morgan fingerprint density at radius 2 is 0.700 bits per heavy atom. The van der Waals surface area contributed by atoms with Crippen LogP contribution in [0, 0.1) is 0 Å². The lowest BCUT2D eigenvalue weighted by atomic mass is 10.5. The smallest absolute Gasteiger partial charge is 0.0280 e. The second kappa shape index (κ2) is 174. The molecule has 136 valence electrons. The van der Waals surface area contributed by atoms with Gasteiger partial charge in [-0.1, -0.05) is 6.92 Å². The van der Waals surface area contributed by atoms with E-state index >= 15 is 0 Å². The predicted octanol–water partition coefficient (Wildman–Crippen LogP) is 5.43. The molecule has 0 bridgehead atoms. The zero-order chi connectivity index (χ0) is 19.0. The molecule has 0 amide bonds. The van der Waals surface area contributed by atoms with Gasteiger partial charge in [0.2, 0.25) is 0 Å². The summed E-state index contributed by atoms with van der Waals surface area (Å²) in [4.78, 5) is 0. The molecule has 0 aliphatic carbocycles. The summed E-state index contributed by atoms with van der Waals surface area (Å²) in [5.41, 5.74) is 0. The molecule has 0 aliphatic heterocycles. The van der Waals surface area contributed by atoms with Gasteiger partial charge in [0.05, 0.1) is 0 Å². The first-order valence-corrected chi connectivity index (χ1v) is 9.98. The molecule has 0 radical (unpaired) electrons. The molecule has 20 heavy (non-hydrogen) atoms. The van der Waals surface area contributed by atoms with Gasteiger partial charge in [-0.05, 0) is 6.42 Å². The van der Waals surface area contributed by atoms with E-state index in [1.165, 1.54) is 49.8 Å². The zero-order valence-electron chi connectivity index (χ0n) is 13.7. The average Bonchev–Trinajstić information content (AvgIpc) is 2.60. The van der Waals surface area contributed by atoms with E-state index in [1.807, 2.05) is 6.92 Å². The third-order valence-corrected chi connectivity index (χ3v) is 0.482. The summed E-state index contributed by atoms with van der Waals surface area (Å²) in [6.07, 6.45) is 11.3. The van der Waals surface area contributed by atoms with Crippen molar-refractivity contribution in [3.8, 4) is 0 Å². The Bertz CT molecular complexity index is 50.0. The Hall–Kier alpha value is 1.91. The summed E-state index contributed by atoms with van der Waals surface area (Å²) in [5, 5.41) is 1.18. The number of hydrogen-bond acceptors (Lipinski definition) is 3. The largest absolute Gasteiger partial charge is 0.255 e. The maximum Gasteiger partial charge on any atom is 0.0280 e. The van der Waals surface area contributed by atoms with Gasteiger partial charge in [-0.2, -0.15) is 5.12 Å². The Labute approximate surface area is 162 Å².